The van der Waals surface area contributed by atoms with Gasteiger partial charge in [-0.2, -0.15) is 0 Å². The Bertz CT molecular complexity index is 363. The average molecular weight is 237 g/mol. The lowest BCUT2D eigenvalue weighted by Gasteiger charge is -2.09. The maximum Gasteiger partial charge on any atom is 0.224 e. The smallest absolute Gasteiger partial charge is 0.224 e. The van der Waals surface area contributed by atoms with Crippen molar-refractivity contribution in [1.82, 2.24) is 4.98 Å². The second-order valence-electron chi connectivity index (χ2n) is 4.23. The number of hydrogen-bond donors (Lipinski definition) is 0. The number of rotatable bonds is 7. The number of ketones is 1. The summed E-state index contributed by atoms with van der Waals surface area (Å²) in [6, 6.07) is 3.43. The molecule has 0 aliphatic heterocycles. The molecule has 0 spiro atoms. The summed E-state index contributed by atoms with van der Waals surface area (Å²) in [5.74, 6) is 0.849. The van der Waals surface area contributed by atoms with Crippen LogP contribution in [0.1, 0.15) is 31.1 Å². The first kappa shape index (κ1) is 13.6. The van der Waals surface area contributed by atoms with Crippen molar-refractivity contribution in [3.8, 4) is 5.88 Å². The molecule has 0 aromatic carbocycles. The third-order valence-electron chi connectivity index (χ3n) is 2.07. The molecule has 94 valence electrons. The Morgan fingerprint density at radius 1 is 1.41 bits per heavy atom. The van der Waals surface area contributed by atoms with Crippen molar-refractivity contribution >= 4 is 5.78 Å². The molecule has 4 nitrogen and oxygen atoms in total. The van der Waals surface area contributed by atoms with Crippen molar-refractivity contribution < 1.29 is 14.3 Å². The molecule has 0 saturated heterocycles. The fourth-order valence-corrected chi connectivity index (χ4v) is 1.29. The molecule has 1 rings (SSSR count). The molecular formula is C13H19NO3. The van der Waals surface area contributed by atoms with Crippen LogP contribution in [-0.4, -0.2) is 30.6 Å². The first-order valence-electron chi connectivity index (χ1n) is 5.77. The van der Waals surface area contributed by atoms with Crippen LogP contribution in [0.4, 0.5) is 0 Å². The maximum atomic E-state index is 11.3. The highest BCUT2D eigenvalue weighted by Crippen LogP contribution is 2.14. The molecule has 4 heteroatoms. The Balaban J connectivity index is 2.39. The molecule has 0 unspecified atom stereocenters. The summed E-state index contributed by atoms with van der Waals surface area (Å²) in [4.78, 5) is 15.3. The van der Waals surface area contributed by atoms with E-state index in [4.69, 9.17) is 9.47 Å². The Kier molecular flexibility index (Phi) is 5.63. The van der Waals surface area contributed by atoms with Gasteiger partial charge in [0.15, 0.2) is 5.78 Å². The minimum atomic E-state index is -0.0452. The predicted octanol–water partition coefficient (Wildman–Crippen LogP) is 2.34. The summed E-state index contributed by atoms with van der Waals surface area (Å²) in [5.41, 5.74) is 0.511. The van der Waals surface area contributed by atoms with E-state index in [9.17, 15) is 4.79 Å². The SMILES string of the molecule is CC(=O)c1cccnc1OCCOCC(C)C. The molecule has 0 saturated carbocycles. The lowest BCUT2D eigenvalue weighted by Crippen LogP contribution is -2.12. The number of aromatic nitrogens is 1. The third-order valence-corrected chi connectivity index (χ3v) is 2.07. The van der Waals surface area contributed by atoms with Gasteiger partial charge in [-0.1, -0.05) is 13.8 Å². The molecular weight excluding hydrogens is 218 g/mol. The topological polar surface area (TPSA) is 48.4 Å². The Labute approximate surface area is 102 Å². The fourth-order valence-electron chi connectivity index (χ4n) is 1.29. The van der Waals surface area contributed by atoms with E-state index in [-0.39, 0.29) is 5.78 Å². The van der Waals surface area contributed by atoms with E-state index in [0.717, 1.165) is 0 Å². The van der Waals surface area contributed by atoms with Crippen LogP contribution in [0.5, 0.6) is 5.88 Å². The summed E-state index contributed by atoms with van der Waals surface area (Å²) in [7, 11) is 0. The minimum Gasteiger partial charge on any atom is -0.475 e. The van der Waals surface area contributed by atoms with E-state index in [1.54, 1.807) is 18.3 Å². The standard InChI is InChI=1S/C13H19NO3/c1-10(2)9-16-7-8-17-13-12(11(3)15)5-4-6-14-13/h4-6,10H,7-9H2,1-3H3. The quantitative estimate of drug-likeness (QED) is 0.539. The van der Waals surface area contributed by atoms with Crippen LogP contribution in [0.15, 0.2) is 18.3 Å². The van der Waals surface area contributed by atoms with E-state index < -0.39 is 0 Å². The van der Waals surface area contributed by atoms with Gasteiger partial charge in [-0.05, 0) is 25.0 Å². The van der Waals surface area contributed by atoms with E-state index in [1.807, 2.05) is 0 Å². The molecule has 0 radical (unpaired) electrons. The van der Waals surface area contributed by atoms with Gasteiger partial charge in [0.25, 0.3) is 0 Å². The molecule has 17 heavy (non-hydrogen) atoms. The predicted molar refractivity (Wildman–Crippen MR) is 65.4 cm³/mol. The fraction of sp³-hybridized carbons (Fsp3) is 0.538. The molecule has 0 atom stereocenters. The van der Waals surface area contributed by atoms with Crippen LogP contribution < -0.4 is 4.74 Å². The van der Waals surface area contributed by atoms with Crippen molar-refractivity contribution in [2.24, 2.45) is 5.92 Å². The molecule has 0 bridgehead atoms. The van der Waals surface area contributed by atoms with Crippen LogP contribution >= 0.6 is 0 Å². The number of pyridine rings is 1. The summed E-state index contributed by atoms with van der Waals surface area (Å²) >= 11 is 0. The number of hydrogen-bond acceptors (Lipinski definition) is 4. The van der Waals surface area contributed by atoms with Crippen LogP contribution in [0, 0.1) is 5.92 Å². The molecule has 0 fully saturated rings. The van der Waals surface area contributed by atoms with Gasteiger partial charge in [0.2, 0.25) is 5.88 Å². The minimum absolute atomic E-state index is 0.0452. The average Bonchev–Trinajstić information content (AvgIpc) is 2.28. The van der Waals surface area contributed by atoms with Crippen molar-refractivity contribution in [2.75, 3.05) is 19.8 Å². The van der Waals surface area contributed by atoms with Crippen LogP contribution in [0.25, 0.3) is 0 Å². The van der Waals surface area contributed by atoms with Gasteiger partial charge in [0, 0.05) is 12.8 Å². The number of carbonyl (C=O) groups excluding carboxylic acids is 1. The van der Waals surface area contributed by atoms with E-state index in [2.05, 4.69) is 18.8 Å². The zero-order valence-electron chi connectivity index (χ0n) is 10.6. The summed E-state index contributed by atoms with van der Waals surface area (Å²) in [6.45, 7) is 7.31. The molecule has 1 heterocycles. The largest absolute Gasteiger partial charge is 0.475 e. The highest BCUT2D eigenvalue weighted by atomic mass is 16.5. The van der Waals surface area contributed by atoms with Gasteiger partial charge < -0.3 is 9.47 Å². The monoisotopic (exact) mass is 237 g/mol. The summed E-state index contributed by atoms with van der Waals surface area (Å²) in [6.07, 6.45) is 1.61. The third kappa shape index (κ3) is 4.95. The molecule has 0 aliphatic rings. The van der Waals surface area contributed by atoms with Gasteiger partial charge in [-0.25, -0.2) is 4.98 Å². The molecule has 1 aromatic rings. The zero-order chi connectivity index (χ0) is 12.7. The second kappa shape index (κ2) is 7.01. The van der Waals surface area contributed by atoms with Crippen molar-refractivity contribution in [1.29, 1.82) is 0 Å². The van der Waals surface area contributed by atoms with E-state index >= 15 is 0 Å². The van der Waals surface area contributed by atoms with E-state index in [0.29, 0.717) is 37.2 Å². The number of nitrogens with zero attached hydrogens (tertiary/aromatic N) is 1. The second-order valence-corrected chi connectivity index (χ2v) is 4.23. The highest BCUT2D eigenvalue weighted by molar-refractivity contribution is 5.96. The Morgan fingerprint density at radius 3 is 2.82 bits per heavy atom. The maximum absolute atomic E-state index is 11.3. The first-order valence-corrected chi connectivity index (χ1v) is 5.77. The number of Topliss-reactive ketones (excluding diaryl/α,β-unsaturated/α-hetero) is 1. The zero-order valence-corrected chi connectivity index (χ0v) is 10.6. The molecule has 0 N–H and O–H groups in total. The van der Waals surface area contributed by atoms with E-state index in [1.165, 1.54) is 6.92 Å². The van der Waals surface area contributed by atoms with Crippen molar-refractivity contribution in [2.45, 2.75) is 20.8 Å². The number of ether oxygens (including phenoxy) is 2. The molecule has 1 aromatic heterocycles. The normalized spacial score (nSPS) is 10.6. The Hall–Kier alpha value is -1.42. The molecule has 0 aliphatic carbocycles. The van der Waals surface area contributed by atoms with Crippen LogP contribution in [0.3, 0.4) is 0 Å². The lowest BCUT2D eigenvalue weighted by molar-refractivity contribution is 0.0797. The highest BCUT2D eigenvalue weighted by Gasteiger charge is 2.08. The number of carbonyl (C=O) groups is 1. The summed E-state index contributed by atoms with van der Waals surface area (Å²) in [5, 5.41) is 0. The van der Waals surface area contributed by atoms with Crippen LogP contribution in [0.2, 0.25) is 0 Å². The van der Waals surface area contributed by atoms with Gasteiger partial charge in [-0.3, -0.25) is 4.79 Å². The summed E-state index contributed by atoms with van der Waals surface area (Å²) < 4.78 is 10.8. The first-order chi connectivity index (χ1) is 8.11. The van der Waals surface area contributed by atoms with Gasteiger partial charge in [-0.15, -0.1) is 0 Å². The molecule has 0 amide bonds. The van der Waals surface area contributed by atoms with Crippen LogP contribution in [-0.2, 0) is 4.74 Å². The van der Waals surface area contributed by atoms with Crippen molar-refractivity contribution in [3.05, 3.63) is 23.9 Å². The van der Waals surface area contributed by atoms with Crippen molar-refractivity contribution in [3.63, 3.8) is 0 Å². The van der Waals surface area contributed by atoms with Gasteiger partial charge in [0.05, 0.1) is 12.2 Å². The van der Waals surface area contributed by atoms with Gasteiger partial charge in [0.1, 0.15) is 6.61 Å². The lowest BCUT2D eigenvalue weighted by atomic mass is 10.2. The Morgan fingerprint density at radius 2 is 2.18 bits per heavy atom. The van der Waals surface area contributed by atoms with Gasteiger partial charge >= 0.3 is 0 Å².